The first kappa shape index (κ1) is 20.3. The zero-order valence-electron chi connectivity index (χ0n) is 16.8. The van der Waals surface area contributed by atoms with E-state index in [0.717, 1.165) is 21.6 Å². The molecule has 0 radical (unpaired) electrons. The van der Waals surface area contributed by atoms with E-state index in [-0.39, 0.29) is 13.0 Å². The van der Waals surface area contributed by atoms with E-state index in [0.29, 0.717) is 0 Å². The second-order valence-corrected chi connectivity index (χ2v) is 7.28. The Morgan fingerprint density at radius 1 is 0.871 bits per heavy atom. The smallest absolute Gasteiger partial charge is 0.330 e. The predicted molar refractivity (Wildman–Crippen MR) is 115 cm³/mol. The number of hydrogen-bond acceptors (Lipinski definition) is 4. The second kappa shape index (κ2) is 9.26. The lowest BCUT2D eigenvalue weighted by Gasteiger charge is -2.37. The van der Waals surface area contributed by atoms with Crippen molar-refractivity contribution in [2.24, 2.45) is 0 Å². The quantitative estimate of drug-likeness (QED) is 0.491. The van der Waals surface area contributed by atoms with Gasteiger partial charge in [-0.05, 0) is 16.7 Å². The minimum Gasteiger partial charge on any atom is -0.459 e. The highest BCUT2D eigenvalue weighted by molar-refractivity contribution is 6.06. The Bertz CT molecular complexity index is 1020. The number of carbonyl (C=O) groups excluding carboxylic acids is 3. The van der Waals surface area contributed by atoms with Crippen LogP contribution >= 0.6 is 0 Å². The van der Waals surface area contributed by atoms with Crippen molar-refractivity contribution in [1.29, 1.82) is 0 Å². The first-order valence-corrected chi connectivity index (χ1v) is 10.1. The molecular formula is C25H22N2O4. The Hall–Kier alpha value is -3.93. The number of carbonyl (C=O) groups is 3. The lowest BCUT2D eigenvalue weighted by Crippen LogP contribution is -2.62. The van der Waals surface area contributed by atoms with Gasteiger partial charge in [0.25, 0.3) is 0 Å². The third kappa shape index (κ3) is 4.64. The Labute approximate surface area is 180 Å². The molecule has 0 bridgehead atoms. The average molecular weight is 414 g/mol. The maximum Gasteiger partial charge on any atom is 0.330 e. The first-order chi connectivity index (χ1) is 15.1. The topological polar surface area (TPSA) is 75.7 Å². The van der Waals surface area contributed by atoms with Crippen molar-refractivity contribution in [3.8, 4) is 0 Å². The van der Waals surface area contributed by atoms with Crippen molar-refractivity contribution in [3.63, 3.8) is 0 Å². The van der Waals surface area contributed by atoms with Crippen LogP contribution in [0, 0.1) is 0 Å². The molecule has 0 spiro atoms. The molecule has 0 unspecified atom stereocenters. The fourth-order valence-electron chi connectivity index (χ4n) is 3.53. The summed E-state index contributed by atoms with van der Waals surface area (Å²) in [6, 6.07) is 26.2. The van der Waals surface area contributed by atoms with E-state index in [9.17, 15) is 14.4 Å². The molecule has 1 aliphatic heterocycles. The first-order valence-electron chi connectivity index (χ1n) is 10.1. The van der Waals surface area contributed by atoms with Crippen LogP contribution in [0.25, 0.3) is 0 Å². The van der Waals surface area contributed by atoms with Gasteiger partial charge in [-0.3, -0.25) is 4.79 Å². The molecule has 6 nitrogen and oxygen atoms in total. The fourth-order valence-corrected chi connectivity index (χ4v) is 3.53. The van der Waals surface area contributed by atoms with Gasteiger partial charge in [-0.2, -0.15) is 0 Å². The molecule has 1 aliphatic rings. The summed E-state index contributed by atoms with van der Waals surface area (Å²) < 4.78 is 5.32. The van der Waals surface area contributed by atoms with Crippen molar-refractivity contribution >= 4 is 17.9 Å². The Morgan fingerprint density at radius 3 is 1.90 bits per heavy atom. The zero-order chi connectivity index (χ0) is 21.6. The molecule has 3 aromatic carbocycles. The minimum atomic E-state index is -0.914. The van der Waals surface area contributed by atoms with Gasteiger partial charge in [-0.15, -0.1) is 0 Å². The number of likely N-dealkylation sites (tertiary alicyclic amines) is 1. The van der Waals surface area contributed by atoms with Gasteiger partial charge in [0.2, 0.25) is 5.91 Å². The number of hydrogen-bond donors (Lipinski definition) is 1. The molecule has 31 heavy (non-hydrogen) atoms. The van der Waals surface area contributed by atoms with Crippen LogP contribution in [0.5, 0.6) is 0 Å². The Balaban J connectivity index is 1.46. The highest BCUT2D eigenvalue weighted by Crippen LogP contribution is 2.26. The van der Waals surface area contributed by atoms with Crippen LogP contribution in [-0.4, -0.2) is 28.8 Å². The summed E-state index contributed by atoms with van der Waals surface area (Å²) in [6.45, 7) is 0.0937. The predicted octanol–water partition coefficient (Wildman–Crippen LogP) is 3.83. The van der Waals surface area contributed by atoms with Gasteiger partial charge in [0.05, 0.1) is 12.5 Å². The van der Waals surface area contributed by atoms with Crippen LogP contribution in [0.1, 0.15) is 29.2 Å². The van der Waals surface area contributed by atoms with Crippen molar-refractivity contribution < 1.29 is 19.1 Å². The van der Waals surface area contributed by atoms with E-state index >= 15 is 0 Å². The number of nitrogens with zero attached hydrogens (tertiary/aromatic N) is 1. The van der Waals surface area contributed by atoms with Gasteiger partial charge in [0.1, 0.15) is 12.6 Å². The summed E-state index contributed by atoms with van der Waals surface area (Å²) in [5, 5.41) is 2.90. The van der Waals surface area contributed by atoms with E-state index in [2.05, 4.69) is 5.32 Å². The Kier molecular flexibility index (Phi) is 6.08. The van der Waals surface area contributed by atoms with Crippen LogP contribution < -0.4 is 5.32 Å². The lowest BCUT2D eigenvalue weighted by molar-refractivity contribution is -0.163. The molecule has 156 valence electrons. The van der Waals surface area contributed by atoms with Crippen LogP contribution in [0.15, 0.2) is 91.0 Å². The van der Waals surface area contributed by atoms with E-state index in [4.69, 9.17) is 4.74 Å². The van der Waals surface area contributed by atoms with Crippen molar-refractivity contribution in [1.82, 2.24) is 10.2 Å². The molecule has 0 saturated carbocycles. The molecule has 3 aromatic rings. The van der Waals surface area contributed by atoms with Gasteiger partial charge in [0, 0.05) is 0 Å². The zero-order valence-corrected chi connectivity index (χ0v) is 16.8. The molecule has 1 saturated heterocycles. The third-order valence-electron chi connectivity index (χ3n) is 5.20. The number of benzene rings is 3. The fraction of sp³-hybridized carbons (Fsp3) is 0.160. The standard InChI is InChI=1S/C25H22N2O4/c28-22-16-21(24(29)31-17-18-10-4-1-5-11-18)27(22)25(30)26-23(19-12-6-2-7-13-19)20-14-8-3-9-15-20/h1-15,21,23H,16-17H2,(H,26,30)/t21-/m0/s1. The molecule has 1 heterocycles. The summed E-state index contributed by atoms with van der Waals surface area (Å²) in [7, 11) is 0. The van der Waals surface area contributed by atoms with Crippen LogP contribution in [0.3, 0.4) is 0 Å². The molecule has 1 N–H and O–H groups in total. The average Bonchev–Trinajstić information content (AvgIpc) is 2.81. The van der Waals surface area contributed by atoms with Crippen molar-refractivity contribution in [2.75, 3.05) is 0 Å². The van der Waals surface area contributed by atoms with E-state index in [1.165, 1.54) is 0 Å². The van der Waals surface area contributed by atoms with Gasteiger partial charge in [-0.1, -0.05) is 91.0 Å². The molecule has 6 heteroatoms. The van der Waals surface area contributed by atoms with Gasteiger partial charge in [0.15, 0.2) is 0 Å². The second-order valence-electron chi connectivity index (χ2n) is 7.28. The maximum absolute atomic E-state index is 13.0. The van der Waals surface area contributed by atoms with Gasteiger partial charge in [-0.25, -0.2) is 14.5 Å². The Morgan fingerprint density at radius 2 is 1.39 bits per heavy atom. The number of β-lactam (4-membered cyclic amide) rings is 1. The molecule has 3 amide bonds. The maximum atomic E-state index is 13.0. The van der Waals surface area contributed by atoms with Gasteiger partial charge < -0.3 is 10.1 Å². The molecule has 4 rings (SSSR count). The number of imide groups is 1. The van der Waals surface area contributed by atoms with E-state index < -0.39 is 30.0 Å². The van der Waals surface area contributed by atoms with Crippen molar-refractivity contribution in [3.05, 3.63) is 108 Å². The highest BCUT2D eigenvalue weighted by atomic mass is 16.5. The minimum absolute atomic E-state index is 0.0393. The number of rotatable bonds is 6. The highest BCUT2D eigenvalue weighted by Gasteiger charge is 2.47. The summed E-state index contributed by atoms with van der Waals surface area (Å²) in [5.74, 6) is -0.992. The molecule has 0 aliphatic carbocycles. The molecule has 0 aromatic heterocycles. The normalized spacial score (nSPS) is 15.3. The molecule has 1 fully saturated rings. The number of urea groups is 1. The number of nitrogens with one attached hydrogen (secondary N) is 1. The summed E-state index contributed by atoms with van der Waals surface area (Å²) >= 11 is 0. The number of amides is 3. The SMILES string of the molecule is O=C(OCc1ccccc1)[C@@H]1CC(=O)N1C(=O)NC(c1ccccc1)c1ccccc1. The lowest BCUT2D eigenvalue weighted by atomic mass is 9.98. The third-order valence-corrected chi connectivity index (χ3v) is 5.20. The van der Waals surface area contributed by atoms with Crippen molar-refractivity contribution in [2.45, 2.75) is 25.1 Å². The van der Waals surface area contributed by atoms with Crippen LogP contribution in [0.2, 0.25) is 0 Å². The summed E-state index contributed by atoms with van der Waals surface area (Å²) in [4.78, 5) is 38.6. The largest absolute Gasteiger partial charge is 0.459 e. The van der Waals surface area contributed by atoms with E-state index in [1.807, 2.05) is 91.0 Å². The number of esters is 1. The van der Waals surface area contributed by atoms with Crippen LogP contribution in [0.4, 0.5) is 4.79 Å². The van der Waals surface area contributed by atoms with Gasteiger partial charge >= 0.3 is 12.0 Å². The molecule has 1 atom stereocenters. The summed E-state index contributed by atoms with van der Waals surface area (Å²) in [6.07, 6.45) is -0.0393. The van der Waals surface area contributed by atoms with Crippen LogP contribution in [-0.2, 0) is 20.9 Å². The monoisotopic (exact) mass is 414 g/mol. The van der Waals surface area contributed by atoms with E-state index in [1.54, 1.807) is 0 Å². The number of ether oxygens (including phenoxy) is 1. The summed E-state index contributed by atoms with van der Waals surface area (Å²) in [5.41, 5.74) is 2.59. The molecular weight excluding hydrogens is 392 g/mol.